The SMILES string of the molecule is C=C1/C=C\C=C/CN(c2cccc(-c3cccc(-c4cccc(-c5ccccc5)c4)c3)c2)c2ccc(-c3ccc4c(c3)c3ccccc3n4-c3cccc(-c4cccc(-c5cccc(-c6ccccc6)c5)c4)c3)cc21. The van der Waals surface area contributed by atoms with Crippen LogP contribution in [0.4, 0.5) is 11.4 Å². The van der Waals surface area contributed by atoms with Crippen LogP contribution in [0.2, 0.25) is 0 Å². The summed E-state index contributed by atoms with van der Waals surface area (Å²) in [6.07, 6.45) is 8.59. The highest BCUT2D eigenvalue weighted by atomic mass is 15.1. The molecule has 0 radical (unpaired) electrons. The van der Waals surface area contributed by atoms with E-state index < -0.39 is 0 Å². The minimum absolute atomic E-state index is 0.709. The number of allylic oxidation sites excluding steroid dienone is 4. The van der Waals surface area contributed by atoms with Gasteiger partial charge in [0.05, 0.1) is 11.0 Å². The van der Waals surface area contributed by atoms with Gasteiger partial charge in [-0.1, -0.05) is 219 Å². The Morgan fingerprint density at radius 3 is 1.28 bits per heavy atom. The number of fused-ring (bicyclic) bond motifs is 4. The number of nitrogens with zero attached hydrogens (tertiary/aromatic N) is 2. The Morgan fingerprint density at radius 2 is 0.707 bits per heavy atom. The van der Waals surface area contributed by atoms with Crippen LogP contribution in [0, 0.1) is 0 Å². The molecule has 0 bridgehead atoms. The van der Waals surface area contributed by atoms with E-state index in [1.165, 1.54) is 88.6 Å². The Labute approximate surface area is 439 Å². The second-order valence-corrected chi connectivity index (χ2v) is 19.4. The van der Waals surface area contributed by atoms with Crippen molar-refractivity contribution in [2.45, 2.75) is 0 Å². The summed E-state index contributed by atoms with van der Waals surface area (Å²) in [7, 11) is 0. The van der Waals surface area contributed by atoms with E-state index in [1.54, 1.807) is 0 Å². The van der Waals surface area contributed by atoms with Gasteiger partial charge in [-0.25, -0.2) is 0 Å². The second-order valence-electron chi connectivity index (χ2n) is 19.4. The molecular formula is C73H52N2. The summed E-state index contributed by atoms with van der Waals surface area (Å²) in [4.78, 5) is 2.41. The summed E-state index contributed by atoms with van der Waals surface area (Å²) < 4.78 is 2.42. The quantitative estimate of drug-likeness (QED) is 0.140. The van der Waals surface area contributed by atoms with Crippen LogP contribution >= 0.6 is 0 Å². The molecule has 11 aromatic carbocycles. The van der Waals surface area contributed by atoms with E-state index in [0.717, 1.165) is 39.3 Å². The summed E-state index contributed by atoms with van der Waals surface area (Å²) in [5.41, 5.74) is 24.4. The molecule has 0 amide bonds. The maximum Gasteiger partial charge on any atom is 0.0541 e. The number of rotatable bonds is 9. The Kier molecular flexibility index (Phi) is 11.8. The van der Waals surface area contributed by atoms with Crippen LogP contribution in [0.3, 0.4) is 0 Å². The third-order valence-electron chi connectivity index (χ3n) is 14.7. The molecule has 0 atom stereocenters. The van der Waals surface area contributed by atoms with Gasteiger partial charge in [-0.3, -0.25) is 0 Å². The minimum atomic E-state index is 0.709. The molecule has 2 nitrogen and oxygen atoms in total. The Balaban J connectivity index is 0.827. The van der Waals surface area contributed by atoms with Crippen molar-refractivity contribution in [3.63, 3.8) is 0 Å². The number of aromatic nitrogens is 1. The Bertz CT molecular complexity index is 4170. The maximum atomic E-state index is 4.63. The van der Waals surface area contributed by atoms with E-state index in [9.17, 15) is 0 Å². The van der Waals surface area contributed by atoms with Gasteiger partial charge < -0.3 is 9.47 Å². The van der Waals surface area contributed by atoms with Crippen LogP contribution in [0.15, 0.2) is 298 Å². The molecule has 0 N–H and O–H groups in total. The van der Waals surface area contributed by atoms with Crippen LogP contribution < -0.4 is 4.90 Å². The van der Waals surface area contributed by atoms with Crippen molar-refractivity contribution in [3.8, 4) is 83.6 Å². The van der Waals surface area contributed by atoms with Gasteiger partial charge in [0.15, 0.2) is 0 Å². The van der Waals surface area contributed by atoms with Crippen molar-refractivity contribution in [2.75, 3.05) is 11.4 Å². The van der Waals surface area contributed by atoms with E-state index in [4.69, 9.17) is 0 Å². The molecule has 0 saturated carbocycles. The number of benzene rings is 11. The second kappa shape index (κ2) is 19.7. The number of para-hydroxylation sites is 1. The molecule has 1 aliphatic rings. The maximum absolute atomic E-state index is 4.63. The van der Waals surface area contributed by atoms with Gasteiger partial charge in [-0.05, 0) is 162 Å². The lowest BCUT2D eigenvalue weighted by atomic mass is 9.95. The zero-order valence-electron chi connectivity index (χ0n) is 41.5. The first-order chi connectivity index (χ1) is 37.1. The lowest BCUT2D eigenvalue weighted by Crippen LogP contribution is -2.18. The first-order valence-electron chi connectivity index (χ1n) is 25.8. The van der Waals surface area contributed by atoms with Crippen molar-refractivity contribution in [1.82, 2.24) is 4.57 Å². The monoisotopic (exact) mass is 956 g/mol. The number of hydrogen-bond acceptors (Lipinski definition) is 1. The van der Waals surface area contributed by atoms with Crippen LogP contribution in [0.1, 0.15) is 5.56 Å². The highest BCUT2D eigenvalue weighted by Crippen LogP contribution is 2.41. The van der Waals surface area contributed by atoms with Gasteiger partial charge >= 0.3 is 0 Å². The predicted octanol–water partition coefficient (Wildman–Crippen LogP) is 19.7. The fourth-order valence-electron chi connectivity index (χ4n) is 10.9. The van der Waals surface area contributed by atoms with Gasteiger partial charge in [0, 0.05) is 39.9 Å². The first-order valence-corrected chi connectivity index (χ1v) is 25.8. The topological polar surface area (TPSA) is 8.17 Å². The normalized spacial score (nSPS) is 13.2. The lowest BCUT2D eigenvalue weighted by Gasteiger charge is -2.27. The van der Waals surface area contributed by atoms with E-state index in [0.29, 0.717) is 6.54 Å². The summed E-state index contributed by atoms with van der Waals surface area (Å²) in [5, 5.41) is 2.44. The first kappa shape index (κ1) is 45.1. The van der Waals surface area contributed by atoms with Gasteiger partial charge in [0.25, 0.3) is 0 Å². The fraction of sp³-hybridized carbons (Fsp3) is 0.0137. The standard InChI is InChI=1S/C73H52N2/c1-51-19-5-4-12-42-74(66-34-17-32-62(47-66)60-30-15-28-58(45-60)56-26-13-24-54(43-56)52-20-6-2-7-21-52)71-40-38-64(49-69(51)71)65-39-41-73-70(50-65)68-36-10-11-37-72(68)75(73)67-35-18-33-63(48-67)61-31-16-29-59(46-61)57-27-14-25-55(44-57)53-22-8-3-9-23-53/h2-41,43-50H,1,42H2/b12-4-,19-5-. The smallest absolute Gasteiger partial charge is 0.0541 e. The molecule has 0 unspecified atom stereocenters. The van der Waals surface area contributed by atoms with Crippen molar-refractivity contribution in [3.05, 3.63) is 303 Å². The summed E-state index contributed by atoms with van der Waals surface area (Å²) in [6.45, 7) is 5.34. The van der Waals surface area contributed by atoms with Gasteiger partial charge in [-0.15, -0.1) is 0 Å². The van der Waals surface area contributed by atoms with E-state index in [-0.39, 0.29) is 0 Å². The molecule has 13 rings (SSSR count). The van der Waals surface area contributed by atoms with E-state index in [1.807, 2.05) is 0 Å². The zero-order chi connectivity index (χ0) is 50.1. The Hall–Kier alpha value is -9.76. The molecule has 354 valence electrons. The lowest BCUT2D eigenvalue weighted by molar-refractivity contribution is 1.09. The van der Waals surface area contributed by atoms with Gasteiger partial charge in [0.1, 0.15) is 0 Å². The number of hydrogen-bond donors (Lipinski definition) is 0. The Morgan fingerprint density at radius 1 is 0.293 bits per heavy atom. The third-order valence-corrected chi connectivity index (χ3v) is 14.7. The highest BCUT2D eigenvalue weighted by molar-refractivity contribution is 6.10. The summed E-state index contributed by atoms with van der Waals surface area (Å²) in [6, 6.07) is 97.2. The highest BCUT2D eigenvalue weighted by Gasteiger charge is 2.19. The third kappa shape index (κ3) is 8.90. The van der Waals surface area contributed by atoms with E-state index >= 15 is 0 Å². The summed E-state index contributed by atoms with van der Waals surface area (Å²) >= 11 is 0. The fourth-order valence-corrected chi connectivity index (χ4v) is 10.9. The molecule has 12 aromatic rings. The van der Waals surface area contributed by atoms with Crippen LogP contribution in [0.25, 0.3) is 111 Å². The van der Waals surface area contributed by atoms with Crippen molar-refractivity contribution in [2.24, 2.45) is 0 Å². The molecule has 75 heavy (non-hydrogen) atoms. The molecule has 1 aromatic heterocycles. The number of anilines is 2. The van der Waals surface area contributed by atoms with Crippen molar-refractivity contribution in [1.29, 1.82) is 0 Å². The molecular weight excluding hydrogens is 905 g/mol. The van der Waals surface area contributed by atoms with Crippen LogP contribution in [0.5, 0.6) is 0 Å². The zero-order valence-corrected chi connectivity index (χ0v) is 41.5. The predicted molar refractivity (Wildman–Crippen MR) is 320 cm³/mol. The van der Waals surface area contributed by atoms with Crippen molar-refractivity contribution < 1.29 is 0 Å². The van der Waals surface area contributed by atoms with Crippen molar-refractivity contribution >= 4 is 38.8 Å². The average Bonchev–Trinajstić information content (AvgIpc) is 3.85. The minimum Gasteiger partial charge on any atom is -0.337 e. The van der Waals surface area contributed by atoms with Gasteiger partial charge in [-0.2, -0.15) is 0 Å². The molecule has 0 saturated heterocycles. The van der Waals surface area contributed by atoms with E-state index in [2.05, 4.69) is 307 Å². The average molecular weight is 957 g/mol. The molecule has 2 heterocycles. The molecule has 2 heteroatoms. The molecule has 0 spiro atoms. The van der Waals surface area contributed by atoms with Crippen LogP contribution in [-0.2, 0) is 0 Å². The molecule has 0 aliphatic carbocycles. The summed E-state index contributed by atoms with van der Waals surface area (Å²) in [5.74, 6) is 0. The van der Waals surface area contributed by atoms with Crippen LogP contribution in [-0.4, -0.2) is 11.1 Å². The largest absolute Gasteiger partial charge is 0.337 e. The molecule has 0 fully saturated rings. The molecule has 1 aliphatic heterocycles. The van der Waals surface area contributed by atoms with Gasteiger partial charge in [0.2, 0.25) is 0 Å².